The van der Waals surface area contributed by atoms with Crippen molar-refractivity contribution in [2.24, 2.45) is 0 Å². The summed E-state index contributed by atoms with van der Waals surface area (Å²) < 4.78 is 0. The maximum Gasteiger partial charge on any atom is 0.335 e. The van der Waals surface area contributed by atoms with Crippen molar-refractivity contribution in [2.75, 3.05) is 6.54 Å². The van der Waals surface area contributed by atoms with Crippen molar-refractivity contribution >= 4 is 17.8 Å². The second-order valence-corrected chi connectivity index (χ2v) is 7.86. The predicted octanol–water partition coefficient (Wildman–Crippen LogP) is 2.77. The number of carboxylic acid groups (broad SMARTS) is 1. The smallest absolute Gasteiger partial charge is 0.335 e. The second-order valence-electron chi connectivity index (χ2n) is 7.86. The van der Waals surface area contributed by atoms with E-state index in [1.807, 2.05) is 37.3 Å². The molecule has 2 aromatic rings. The van der Waals surface area contributed by atoms with Crippen LogP contribution in [0.2, 0.25) is 0 Å². The molecular formula is C23H24N2O4. The van der Waals surface area contributed by atoms with Gasteiger partial charge in [0.25, 0.3) is 0 Å². The number of aromatic carboxylic acids is 1. The lowest BCUT2D eigenvalue weighted by molar-refractivity contribution is -0.142. The lowest BCUT2D eigenvalue weighted by atomic mass is 9.96. The van der Waals surface area contributed by atoms with Gasteiger partial charge in [-0.25, -0.2) is 4.79 Å². The van der Waals surface area contributed by atoms with E-state index in [1.165, 1.54) is 0 Å². The van der Waals surface area contributed by atoms with E-state index in [9.17, 15) is 19.5 Å². The van der Waals surface area contributed by atoms with Gasteiger partial charge in [0.15, 0.2) is 0 Å². The first kappa shape index (κ1) is 19.2. The Morgan fingerprint density at radius 2 is 1.83 bits per heavy atom. The summed E-state index contributed by atoms with van der Waals surface area (Å²) in [5, 5.41) is 9.23. The van der Waals surface area contributed by atoms with Crippen molar-refractivity contribution in [3.8, 4) is 0 Å². The summed E-state index contributed by atoms with van der Waals surface area (Å²) in [6.45, 7) is 3.42. The summed E-state index contributed by atoms with van der Waals surface area (Å²) in [6.07, 6.45) is 1.61. The number of benzene rings is 2. The van der Waals surface area contributed by atoms with Crippen molar-refractivity contribution in [1.82, 2.24) is 9.80 Å². The van der Waals surface area contributed by atoms with Crippen molar-refractivity contribution < 1.29 is 19.5 Å². The zero-order valence-electron chi connectivity index (χ0n) is 16.4. The topological polar surface area (TPSA) is 77.9 Å². The zero-order valence-corrected chi connectivity index (χ0v) is 16.4. The average Bonchev–Trinajstić information content (AvgIpc) is 3.08. The van der Waals surface area contributed by atoms with Gasteiger partial charge in [0.1, 0.15) is 6.04 Å². The number of carbonyl (C=O) groups is 3. The molecule has 1 unspecified atom stereocenters. The summed E-state index contributed by atoms with van der Waals surface area (Å²) in [5.41, 5.74) is 4.35. The van der Waals surface area contributed by atoms with Gasteiger partial charge in [-0.05, 0) is 48.6 Å². The van der Waals surface area contributed by atoms with E-state index in [-0.39, 0.29) is 17.4 Å². The number of carbonyl (C=O) groups excluding carboxylic acids is 2. The van der Waals surface area contributed by atoms with Gasteiger partial charge < -0.3 is 14.9 Å². The van der Waals surface area contributed by atoms with Crippen molar-refractivity contribution in [3.63, 3.8) is 0 Å². The Kier molecular flexibility index (Phi) is 5.09. The highest BCUT2D eigenvalue weighted by Crippen LogP contribution is 2.27. The molecule has 0 bridgehead atoms. The van der Waals surface area contributed by atoms with E-state index in [2.05, 4.69) is 0 Å². The van der Waals surface area contributed by atoms with Crippen LogP contribution in [0.15, 0.2) is 42.5 Å². The molecule has 1 atom stereocenters. The summed E-state index contributed by atoms with van der Waals surface area (Å²) in [5.74, 6) is -1.01. The third-order valence-corrected chi connectivity index (χ3v) is 5.86. The molecule has 4 rings (SSSR count). The molecule has 6 nitrogen and oxygen atoms in total. The second kappa shape index (κ2) is 7.70. The molecule has 29 heavy (non-hydrogen) atoms. The maximum absolute atomic E-state index is 13.2. The highest BCUT2D eigenvalue weighted by atomic mass is 16.4. The highest BCUT2D eigenvalue weighted by Gasteiger charge is 2.38. The molecule has 2 heterocycles. The van der Waals surface area contributed by atoms with Crippen LogP contribution in [0.3, 0.4) is 0 Å². The van der Waals surface area contributed by atoms with Crippen molar-refractivity contribution in [3.05, 3.63) is 70.3 Å². The van der Waals surface area contributed by atoms with Gasteiger partial charge in [0.05, 0.1) is 5.56 Å². The number of aryl methyl sites for hydroxylation is 1. The van der Waals surface area contributed by atoms with E-state index in [1.54, 1.807) is 21.9 Å². The van der Waals surface area contributed by atoms with Crippen LogP contribution in [-0.4, -0.2) is 45.3 Å². The zero-order chi connectivity index (χ0) is 20.5. The first-order valence-electron chi connectivity index (χ1n) is 9.91. The summed E-state index contributed by atoms with van der Waals surface area (Å²) in [4.78, 5) is 40.4. The Morgan fingerprint density at radius 3 is 2.55 bits per heavy atom. The Hall–Kier alpha value is -3.15. The average molecular weight is 392 g/mol. The number of amides is 2. The van der Waals surface area contributed by atoms with Crippen LogP contribution in [0, 0.1) is 6.92 Å². The van der Waals surface area contributed by atoms with E-state index < -0.39 is 12.0 Å². The molecule has 150 valence electrons. The van der Waals surface area contributed by atoms with E-state index in [0.717, 1.165) is 22.3 Å². The molecule has 1 fully saturated rings. The van der Waals surface area contributed by atoms with Crippen LogP contribution in [-0.2, 0) is 29.1 Å². The molecular weight excluding hydrogens is 368 g/mol. The molecule has 2 aliphatic heterocycles. The van der Waals surface area contributed by atoms with Crippen LogP contribution >= 0.6 is 0 Å². The van der Waals surface area contributed by atoms with Crippen LogP contribution < -0.4 is 0 Å². The van der Waals surface area contributed by atoms with Gasteiger partial charge >= 0.3 is 5.97 Å². The third-order valence-electron chi connectivity index (χ3n) is 5.86. The number of rotatable bonds is 4. The number of nitrogens with zero attached hydrogens (tertiary/aromatic N) is 2. The number of hydrogen-bond acceptors (Lipinski definition) is 3. The fraction of sp³-hybridized carbons (Fsp3) is 0.348. The number of likely N-dealkylation sites (tertiary alicyclic amines) is 1. The van der Waals surface area contributed by atoms with Gasteiger partial charge in [-0.15, -0.1) is 0 Å². The Morgan fingerprint density at radius 1 is 1.07 bits per heavy atom. The first-order valence-corrected chi connectivity index (χ1v) is 9.91. The lowest BCUT2D eigenvalue weighted by Gasteiger charge is -2.34. The van der Waals surface area contributed by atoms with Gasteiger partial charge in [0, 0.05) is 26.1 Å². The molecule has 0 spiro atoms. The molecule has 6 heteroatoms. The molecule has 0 aromatic heterocycles. The van der Waals surface area contributed by atoms with Gasteiger partial charge in [-0.3, -0.25) is 9.59 Å². The minimum atomic E-state index is -0.970. The minimum absolute atomic E-state index is 0.00879. The van der Waals surface area contributed by atoms with Crippen LogP contribution in [0.5, 0.6) is 0 Å². The standard InChI is InChI=1S/C23H24N2O4/c1-15-2-4-16(5-3-15)13-25-20(8-9-21(25)26)22(27)24-11-10-17-6-7-18(23(28)29)12-19(17)14-24/h2-7,12,20H,8-11,13-14H2,1H3,(H,28,29). The predicted molar refractivity (Wildman–Crippen MR) is 107 cm³/mol. The van der Waals surface area contributed by atoms with E-state index >= 15 is 0 Å². The number of carboxylic acids is 1. The van der Waals surface area contributed by atoms with E-state index in [0.29, 0.717) is 38.9 Å². The molecule has 2 aliphatic rings. The lowest BCUT2D eigenvalue weighted by Crippen LogP contribution is -2.48. The third kappa shape index (κ3) is 3.88. The minimum Gasteiger partial charge on any atom is -0.478 e. The number of fused-ring (bicyclic) bond motifs is 1. The van der Waals surface area contributed by atoms with Gasteiger partial charge in [-0.1, -0.05) is 35.9 Å². The molecule has 2 amide bonds. The van der Waals surface area contributed by atoms with Gasteiger partial charge in [0.2, 0.25) is 11.8 Å². The maximum atomic E-state index is 13.2. The summed E-state index contributed by atoms with van der Waals surface area (Å²) in [7, 11) is 0. The molecule has 0 saturated carbocycles. The van der Waals surface area contributed by atoms with E-state index in [4.69, 9.17) is 0 Å². The SMILES string of the molecule is Cc1ccc(CN2C(=O)CCC2C(=O)N2CCc3ccc(C(=O)O)cc3C2)cc1. The van der Waals surface area contributed by atoms with Gasteiger partial charge in [-0.2, -0.15) is 0 Å². The van der Waals surface area contributed by atoms with Crippen molar-refractivity contribution in [1.29, 1.82) is 0 Å². The fourth-order valence-corrected chi connectivity index (χ4v) is 4.17. The van der Waals surface area contributed by atoms with Crippen LogP contribution in [0.25, 0.3) is 0 Å². The molecule has 1 N–H and O–H groups in total. The summed E-state index contributed by atoms with van der Waals surface area (Å²) >= 11 is 0. The molecule has 1 saturated heterocycles. The van der Waals surface area contributed by atoms with Crippen LogP contribution in [0.4, 0.5) is 0 Å². The highest BCUT2D eigenvalue weighted by molar-refractivity contribution is 5.91. The molecule has 0 radical (unpaired) electrons. The Balaban J connectivity index is 1.51. The Bertz CT molecular complexity index is 967. The fourth-order valence-electron chi connectivity index (χ4n) is 4.17. The first-order chi connectivity index (χ1) is 13.9. The molecule has 0 aliphatic carbocycles. The number of hydrogen-bond donors (Lipinski definition) is 1. The summed E-state index contributed by atoms with van der Waals surface area (Å²) in [6, 6.07) is 12.7. The van der Waals surface area contributed by atoms with Crippen LogP contribution in [0.1, 0.15) is 45.5 Å². The largest absolute Gasteiger partial charge is 0.478 e. The quantitative estimate of drug-likeness (QED) is 0.868. The monoisotopic (exact) mass is 392 g/mol. The van der Waals surface area contributed by atoms with Crippen molar-refractivity contribution in [2.45, 2.75) is 45.3 Å². The normalized spacial score (nSPS) is 18.7. The molecule has 2 aromatic carbocycles. The Labute approximate surface area is 169 Å².